The molecule has 0 spiro atoms. The first-order valence-electron chi connectivity index (χ1n) is 7.34. The molecule has 1 aliphatic heterocycles. The number of benzene rings is 1. The van der Waals surface area contributed by atoms with Crippen molar-refractivity contribution < 1.29 is 14.3 Å². The predicted molar refractivity (Wildman–Crippen MR) is 75.3 cm³/mol. The first kappa shape index (κ1) is 13.6. The number of rotatable bonds is 6. The highest BCUT2D eigenvalue weighted by atomic mass is 16.5. The van der Waals surface area contributed by atoms with Gasteiger partial charge in [0.2, 0.25) is 5.91 Å². The van der Waals surface area contributed by atoms with Crippen LogP contribution in [0.2, 0.25) is 0 Å². The van der Waals surface area contributed by atoms with Crippen LogP contribution in [0.15, 0.2) is 30.3 Å². The monoisotopic (exact) mass is 275 g/mol. The van der Waals surface area contributed by atoms with Crippen LogP contribution in [0.3, 0.4) is 0 Å². The van der Waals surface area contributed by atoms with Gasteiger partial charge >= 0.3 is 0 Å². The smallest absolute Gasteiger partial charge is 0.246 e. The number of hydrogen-bond donors (Lipinski definition) is 1. The molecule has 0 radical (unpaired) electrons. The lowest BCUT2D eigenvalue weighted by molar-refractivity contribution is -0.127. The molecule has 4 heteroatoms. The standard InChI is InChI=1S/C16H21NO3/c18-15(12-19-11-14-7-4-10-20-14)17-16(8-9-16)13-5-2-1-3-6-13/h1-3,5-6,14H,4,7-12H2,(H,17,18). The third kappa shape index (κ3) is 3.19. The summed E-state index contributed by atoms with van der Waals surface area (Å²) in [5.74, 6) is -0.0376. The van der Waals surface area contributed by atoms with Crippen molar-refractivity contribution in [2.75, 3.05) is 19.8 Å². The van der Waals surface area contributed by atoms with Gasteiger partial charge in [0.25, 0.3) is 0 Å². The van der Waals surface area contributed by atoms with Crippen LogP contribution in [-0.2, 0) is 19.8 Å². The van der Waals surface area contributed by atoms with E-state index in [1.165, 1.54) is 5.56 Å². The summed E-state index contributed by atoms with van der Waals surface area (Å²) in [6.45, 7) is 1.46. The van der Waals surface area contributed by atoms with Gasteiger partial charge in [-0.15, -0.1) is 0 Å². The molecule has 1 saturated carbocycles. The lowest BCUT2D eigenvalue weighted by Crippen LogP contribution is -2.37. The Hall–Kier alpha value is -1.39. The summed E-state index contributed by atoms with van der Waals surface area (Å²) >= 11 is 0. The molecule has 1 N–H and O–H groups in total. The highest BCUT2D eigenvalue weighted by molar-refractivity contribution is 5.78. The van der Waals surface area contributed by atoms with E-state index in [9.17, 15) is 4.79 Å². The number of amides is 1. The fourth-order valence-electron chi connectivity index (χ4n) is 2.73. The van der Waals surface area contributed by atoms with Crippen molar-refractivity contribution in [1.29, 1.82) is 0 Å². The van der Waals surface area contributed by atoms with Gasteiger partial charge in [0.15, 0.2) is 0 Å². The number of hydrogen-bond acceptors (Lipinski definition) is 3. The van der Waals surface area contributed by atoms with Gasteiger partial charge in [-0.25, -0.2) is 0 Å². The van der Waals surface area contributed by atoms with Crippen molar-refractivity contribution in [3.8, 4) is 0 Å². The second-order valence-corrected chi connectivity index (χ2v) is 5.65. The minimum absolute atomic E-state index is 0.0376. The van der Waals surface area contributed by atoms with Gasteiger partial charge in [-0.3, -0.25) is 4.79 Å². The Morgan fingerprint density at radius 3 is 2.80 bits per heavy atom. The van der Waals surface area contributed by atoms with Crippen molar-refractivity contribution in [3.63, 3.8) is 0 Å². The van der Waals surface area contributed by atoms with Crippen LogP contribution in [-0.4, -0.2) is 31.8 Å². The quantitative estimate of drug-likeness (QED) is 0.863. The molecule has 2 fully saturated rings. The molecule has 108 valence electrons. The van der Waals surface area contributed by atoms with Gasteiger partial charge in [0, 0.05) is 6.61 Å². The van der Waals surface area contributed by atoms with Crippen LogP contribution in [0, 0.1) is 0 Å². The predicted octanol–water partition coefficient (Wildman–Crippen LogP) is 1.99. The second kappa shape index (κ2) is 5.94. The lowest BCUT2D eigenvalue weighted by atomic mass is 10.1. The SMILES string of the molecule is O=C(COCC1CCCO1)NC1(c2ccccc2)CC1. The van der Waals surface area contributed by atoms with Crippen LogP contribution in [0.5, 0.6) is 0 Å². The van der Waals surface area contributed by atoms with Crippen molar-refractivity contribution in [2.24, 2.45) is 0 Å². The number of nitrogens with one attached hydrogen (secondary N) is 1. The molecule has 2 aliphatic rings. The Morgan fingerprint density at radius 2 is 2.15 bits per heavy atom. The van der Waals surface area contributed by atoms with Crippen LogP contribution in [0.1, 0.15) is 31.2 Å². The van der Waals surface area contributed by atoms with E-state index in [-0.39, 0.29) is 24.2 Å². The van der Waals surface area contributed by atoms with Gasteiger partial charge < -0.3 is 14.8 Å². The molecular weight excluding hydrogens is 254 g/mol. The summed E-state index contributed by atoms with van der Waals surface area (Å²) in [4.78, 5) is 12.0. The Bertz CT molecular complexity index is 450. The molecule has 1 amide bonds. The molecule has 1 saturated heterocycles. The molecule has 1 atom stereocenters. The summed E-state index contributed by atoms with van der Waals surface area (Å²) in [5.41, 5.74) is 1.04. The summed E-state index contributed by atoms with van der Waals surface area (Å²) in [6, 6.07) is 10.2. The largest absolute Gasteiger partial charge is 0.376 e. The molecule has 20 heavy (non-hydrogen) atoms. The first-order chi connectivity index (χ1) is 9.78. The third-order valence-electron chi connectivity index (χ3n) is 4.02. The van der Waals surface area contributed by atoms with Gasteiger partial charge in [-0.05, 0) is 31.2 Å². The normalized spacial score (nSPS) is 23.5. The summed E-state index contributed by atoms with van der Waals surface area (Å²) in [6.07, 6.45) is 4.32. The van der Waals surface area contributed by atoms with Crippen molar-refractivity contribution in [3.05, 3.63) is 35.9 Å². The number of ether oxygens (including phenoxy) is 2. The number of carbonyl (C=O) groups is 1. The molecule has 1 unspecified atom stereocenters. The number of carbonyl (C=O) groups excluding carboxylic acids is 1. The molecule has 4 nitrogen and oxygen atoms in total. The minimum Gasteiger partial charge on any atom is -0.376 e. The zero-order valence-electron chi connectivity index (χ0n) is 11.6. The second-order valence-electron chi connectivity index (χ2n) is 5.65. The lowest BCUT2D eigenvalue weighted by Gasteiger charge is -2.18. The zero-order valence-corrected chi connectivity index (χ0v) is 11.6. The third-order valence-corrected chi connectivity index (χ3v) is 4.02. The van der Waals surface area contributed by atoms with Crippen LogP contribution < -0.4 is 5.32 Å². The van der Waals surface area contributed by atoms with Crippen LogP contribution in [0.25, 0.3) is 0 Å². The van der Waals surface area contributed by atoms with Crippen LogP contribution >= 0.6 is 0 Å². The average Bonchev–Trinajstić information content (AvgIpc) is 3.06. The maximum absolute atomic E-state index is 12.0. The maximum atomic E-state index is 12.0. The highest BCUT2D eigenvalue weighted by Crippen LogP contribution is 2.45. The van der Waals surface area contributed by atoms with E-state index in [1.54, 1.807) is 0 Å². The fraction of sp³-hybridized carbons (Fsp3) is 0.562. The minimum atomic E-state index is -0.147. The molecule has 1 aliphatic carbocycles. The van der Waals surface area contributed by atoms with Gasteiger partial charge in [-0.1, -0.05) is 30.3 Å². The van der Waals surface area contributed by atoms with E-state index in [0.29, 0.717) is 6.61 Å². The Balaban J connectivity index is 1.44. The van der Waals surface area contributed by atoms with Gasteiger partial charge in [-0.2, -0.15) is 0 Å². The Labute approximate surface area is 119 Å². The zero-order chi connectivity index (χ0) is 13.8. The molecule has 1 aromatic rings. The molecule has 3 rings (SSSR count). The van der Waals surface area contributed by atoms with Gasteiger partial charge in [0.1, 0.15) is 6.61 Å². The summed E-state index contributed by atoms with van der Waals surface area (Å²) in [5, 5.41) is 3.10. The molecule has 0 bridgehead atoms. The summed E-state index contributed by atoms with van der Waals surface area (Å²) in [7, 11) is 0. The first-order valence-corrected chi connectivity index (χ1v) is 7.34. The Kier molecular flexibility index (Phi) is 4.03. The fourth-order valence-corrected chi connectivity index (χ4v) is 2.73. The topological polar surface area (TPSA) is 47.6 Å². The Morgan fingerprint density at radius 1 is 1.35 bits per heavy atom. The molecule has 1 aromatic carbocycles. The molecular formula is C16H21NO3. The van der Waals surface area contributed by atoms with Crippen molar-refractivity contribution >= 4 is 5.91 Å². The average molecular weight is 275 g/mol. The van der Waals surface area contributed by atoms with E-state index in [2.05, 4.69) is 17.4 Å². The highest BCUT2D eigenvalue weighted by Gasteiger charge is 2.45. The van der Waals surface area contributed by atoms with Crippen molar-refractivity contribution in [2.45, 2.75) is 37.3 Å². The van der Waals surface area contributed by atoms with E-state index in [1.807, 2.05) is 18.2 Å². The molecule has 0 aromatic heterocycles. The summed E-state index contributed by atoms with van der Waals surface area (Å²) < 4.78 is 10.9. The van der Waals surface area contributed by atoms with Gasteiger partial charge in [0.05, 0.1) is 18.2 Å². The van der Waals surface area contributed by atoms with E-state index < -0.39 is 0 Å². The van der Waals surface area contributed by atoms with E-state index in [4.69, 9.17) is 9.47 Å². The maximum Gasteiger partial charge on any atom is 0.246 e. The van der Waals surface area contributed by atoms with E-state index >= 15 is 0 Å². The van der Waals surface area contributed by atoms with Crippen molar-refractivity contribution in [1.82, 2.24) is 5.32 Å². The molecule has 1 heterocycles. The van der Waals surface area contributed by atoms with Crippen LogP contribution in [0.4, 0.5) is 0 Å². The van der Waals surface area contributed by atoms with E-state index in [0.717, 1.165) is 32.3 Å².